The second-order valence-corrected chi connectivity index (χ2v) is 5.78. The third-order valence-electron chi connectivity index (χ3n) is 1.84. The lowest BCUT2D eigenvalue weighted by atomic mass is 10.2. The van der Waals surface area contributed by atoms with Crippen molar-refractivity contribution in [2.45, 2.75) is 0 Å². The molecule has 0 fully saturated rings. The smallest absolute Gasteiger partial charge is 0.158 e. The van der Waals surface area contributed by atoms with Crippen LogP contribution in [0, 0.1) is 0 Å². The van der Waals surface area contributed by atoms with Crippen molar-refractivity contribution < 1.29 is 8.42 Å². The van der Waals surface area contributed by atoms with E-state index in [0.717, 1.165) is 11.5 Å². The van der Waals surface area contributed by atoms with E-state index >= 15 is 0 Å². The molecule has 4 heteroatoms. The Morgan fingerprint density at radius 1 is 1.10 bits per heavy atom. The second kappa shape index (κ2) is 2.01. The molecule has 0 aromatic heterocycles. The average Bonchev–Trinajstić information content (AvgIpc) is 2.20. The Balaban J connectivity index is 2.33. The zero-order valence-electron chi connectivity index (χ0n) is 5.46. The van der Waals surface area contributed by atoms with Gasteiger partial charge in [-0.1, -0.05) is 0 Å². The molecule has 0 aromatic rings. The van der Waals surface area contributed by atoms with Crippen LogP contribution in [0.4, 0.5) is 0 Å². The SMILES string of the molecule is O=S1(=O)CC2=C(CSC2)C1. The van der Waals surface area contributed by atoms with Crippen LogP contribution >= 0.6 is 11.8 Å². The minimum absolute atomic E-state index is 0.343. The van der Waals surface area contributed by atoms with Crippen molar-refractivity contribution in [2.75, 3.05) is 23.0 Å². The quantitative estimate of drug-likeness (QED) is 0.503. The normalized spacial score (nSPS) is 29.2. The molecule has 0 aliphatic carbocycles. The molecule has 0 aromatic carbocycles. The number of rotatable bonds is 0. The van der Waals surface area contributed by atoms with Crippen molar-refractivity contribution in [3.05, 3.63) is 11.1 Å². The Morgan fingerprint density at radius 2 is 1.60 bits per heavy atom. The van der Waals surface area contributed by atoms with Gasteiger partial charge in [-0.15, -0.1) is 0 Å². The van der Waals surface area contributed by atoms with Crippen LogP contribution < -0.4 is 0 Å². The van der Waals surface area contributed by atoms with E-state index in [9.17, 15) is 8.42 Å². The van der Waals surface area contributed by atoms with E-state index in [1.165, 1.54) is 11.1 Å². The van der Waals surface area contributed by atoms with Gasteiger partial charge in [0.25, 0.3) is 0 Å². The fourth-order valence-corrected chi connectivity index (χ4v) is 4.61. The summed E-state index contributed by atoms with van der Waals surface area (Å²) >= 11 is 1.83. The summed E-state index contributed by atoms with van der Waals surface area (Å²) in [6.07, 6.45) is 0. The van der Waals surface area contributed by atoms with Crippen molar-refractivity contribution in [1.82, 2.24) is 0 Å². The zero-order chi connectivity index (χ0) is 7.19. The molecule has 0 bridgehead atoms. The molecule has 56 valence electrons. The molecule has 0 saturated carbocycles. The summed E-state index contributed by atoms with van der Waals surface area (Å²) in [5.74, 6) is 2.59. The first kappa shape index (κ1) is 6.73. The molecule has 2 heterocycles. The van der Waals surface area contributed by atoms with Gasteiger partial charge in [-0.3, -0.25) is 0 Å². The Bertz CT molecular complexity index is 265. The van der Waals surface area contributed by atoms with Gasteiger partial charge in [0.2, 0.25) is 0 Å². The minimum atomic E-state index is -2.69. The molecule has 0 radical (unpaired) electrons. The minimum Gasteiger partial charge on any atom is -0.228 e. The van der Waals surface area contributed by atoms with Gasteiger partial charge in [0.05, 0.1) is 11.5 Å². The summed E-state index contributed by atoms with van der Waals surface area (Å²) in [5, 5.41) is 0. The zero-order valence-corrected chi connectivity index (χ0v) is 7.09. The van der Waals surface area contributed by atoms with Crippen molar-refractivity contribution >= 4 is 21.6 Å². The van der Waals surface area contributed by atoms with Crippen LogP contribution in [0.5, 0.6) is 0 Å². The Hall–Kier alpha value is 0.0400. The standard InChI is InChI=1S/C6H8O2S2/c7-10(8)3-5-1-9-2-6(5)4-10/h1-4H2. The van der Waals surface area contributed by atoms with Gasteiger partial charge in [0.1, 0.15) is 0 Å². The van der Waals surface area contributed by atoms with Crippen LogP contribution in [0.3, 0.4) is 0 Å². The Labute approximate surface area is 64.6 Å². The van der Waals surface area contributed by atoms with Crippen LogP contribution in [0.25, 0.3) is 0 Å². The van der Waals surface area contributed by atoms with Gasteiger partial charge in [-0.05, 0) is 11.1 Å². The van der Waals surface area contributed by atoms with Gasteiger partial charge in [-0.2, -0.15) is 11.8 Å². The van der Waals surface area contributed by atoms with Crippen LogP contribution in [0.1, 0.15) is 0 Å². The lowest BCUT2D eigenvalue weighted by molar-refractivity contribution is 0.602. The molecular weight excluding hydrogens is 168 g/mol. The summed E-state index contributed by atoms with van der Waals surface area (Å²) in [7, 11) is -2.69. The van der Waals surface area contributed by atoms with E-state index in [1.807, 2.05) is 11.8 Å². The molecular formula is C6H8O2S2. The Morgan fingerprint density at radius 3 is 2.10 bits per heavy atom. The summed E-state index contributed by atoms with van der Waals surface area (Å²) in [6, 6.07) is 0. The summed E-state index contributed by atoms with van der Waals surface area (Å²) in [6.45, 7) is 0. The molecule has 2 aliphatic heterocycles. The van der Waals surface area contributed by atoms with Gasteiger partial charge >= 0.3 is 0 Å². The highest BCUT2D eigenvalue weighted by molar-refractivity contribution is 8.00. The van der Waals surface area contributed by atoms with Crippen LogP contribution in [0.2, 0.25) is 0 Å². The fraction of sp³-hybridized carbons (Fsp3) is 0.667. The van der Waals surface area contributed by atoms with E-state index in [0.29, 0.717) is 11.5 Å². The summed E-state index contributed by atoms with van der Waals surface area (Å²) in [5.41, 5.74) is 2.37. The molecule has 0 N–H and O–H groups in total. The van der Waals surface area contributed by atoms with Crippen molar-refractivity contribution in [2.24, 2.45) is 0 Å². The van der Waals surface area contributed by atoms with Crippen LogP contribution in [-0.2, 0) is 9.84 Å². The molecule has 0 saturated heterocycles. The molecule has 0 amide bonds. The molecule has 2 aliphatic rings. The first-order valence-electron chi connectivity index (χ1n) is 3.15. The molecule has 0 unspecified atom stereocenters. The van der Waals surface area contributed by atoms with Crippen molar-refractivity contribution in [3.8, 4) is 0 Å². The lowest BCUT2D eigenvalue weighted by Crippen LogP contribution is -2.05. The van der Waals surface area contributed by atoms with E-state index in [-0.39, 0.29) is 0 Å². The van der Waals surface area contributed by atoms with Gasteiger partial charge in [-0.25, -0.2) is 8.42 Å². The maximum Gasteiger partial charge on any atom is 0.158 e. The summed E-state index contributed by atoms with van der Waals surface area (Å²) < 4.78 is 22.0. The van der Waals surface area contributed by atoms with Gasteiger partial charge < -0.3 is 0 Å². The highest BCUT2D eigenvalue weighted by Crippen LogP contribution is 2.31. The number of hydrogen-bond donors (Lipinski definition) is 0. The number of sulfone groups is 1. The Kier molecular flexibility index (Phi) is 1.35. The first-order chi connectivity index (χ1) is 4.67. The molecule has 2 rings (SSSR count). The van der Waals surface area contributed by atoms with E-state index in [2.05, 4.69) is 0 Å². The fourth-order valence-electron chi connectivity index (χ4n) is 1.37. The van der Waals surface area contributed by atoms with E-state index in [1.54, 1.807) is 0 Å². The predicted molar refractivity (Wildman–Crippen MR) is 43.0 cm³/mol. The highest BCUT2D eigenvalue weighted by atomic mass is 32.2. The third kappa shape index (κ3) is 0.992. The molecule has 0 atom stereocenters. The number of thioether (sulfide) groups is 1. The van der Waals surface area contributed by atoms with E-state index < -0.39 is 9.84 Å². The maximum atomic E-state index is 11.0. The topological polar surface area (TPSA) is 34.1 Å². The highest BCUT2D eigenvalue weighted by Gasteiger charge is 2.30. The van der Waals surface area contributed by atoms with E-state index in [4.69, 9.17) is 0 Å². The van der Waals surface area contributed by atoms with Gasteiger partial charge in [0, 0.05) is 11.5 Å². The molecule has 10 heavy (non-hydrogen) atoms. The monoisotopic (exact) mass is 176 g/mol. The average molecular weight is 176 g/mol. The predicted octanol–water partition coefficient (Wildman–Crippen LogP) is 0.458. The third-order valence-corrected chi connectivity index (χ3v) is 4.52. The van der Waals surface area contributed by atoms with Crippen molar-refractivity contribution in [3.63, 3.8) is 0 Å². The summed E-state index contributed by atoms with van der Waals surface area (Å²) in [4.78, 5) is 0. The lowest BCUT2D eigenvalue weighted by Gasteiger charge is -1.94. The van der Waals surface area contributed by atoms with Gasteiger partial charge in [0.15, 0.2) is 9.84 Å². The van der Waals surface area contributed by atoms with Crippen LogP contribution in [0.15, 0.2) is 11.1 Å². The van der Waals surface area contributed by atoms with Crippen LogP contribution in [-0.4, -0.2) is 31.4 Å². The largest absolute Gasteiger partial charge is 0.228 e. The first-order valence-corrected chi connectivity index (χ1v) is 6.13. The molecule has 0 spiro atoms. The van der Waals surface area contributed by atoms with Crippen molar-refractivity contribution in [1.29, 1.82) is 0 Å². The number of hydrogen-bond acceptors (Lipinski definition) is 3. The maximum absolute atomic E-state index is 11.0. The molecule has 2 nitrogen and oxygen atoms in total. The second-order valence-electron chi connectivity index (χ2n) is 2.73.